The first-order chi connectivity index (χ1) is 11.4. The number of esters is 1. The van der Waals surface area contributed by atoms with E-state index in [1.54, 1.807) is 20.8 Å². The van der Waals surface area contributed by atoms with Crippen LogP contribution in [0.4, 0.5) is 4.79 Å². The topological polar surface area (TPSA) is 124 Å². The normalized spacial score (nSPS) is 12.3. The summed E-state index contributed by atoms with van der Waals surface area (Å²) in [6.07, 6.45) is -0.578. The van der Waals surface area contributed by atoms with Gasteiger partial charge in [-0.3, -0.25) is 9.36 Å². The molecule has 0 spiro atoms. The van der Waals surface area contributed by atoms with Crippen LogP contribution in [0.5, 0.6) is 0 Å². The van der Waals surface area contributed by atoms with Gasteiger partial charge in [0, 0.05) is 12.4 Å². The fraction of sp³-hybridized carbons (Fsp3) is 0.833. The van der Waals surface area contributed by atoms with E-state index in [0.29, 0.717) is 5.01 Å². The highest BCUT2D eigenvalue weighted by Gasteiger charge is 2.45. The smallest absolute Gasteiger partial charge is 0.355 e. The molecule has 1 N–H and O–H groups in total. The predicted octanol–water partition coefficient (Wildman–Crippen LogP) is 2.46. The van der Waals surface area contributed by atoms with Gasteiger partial charge in [0.2, 0.25) is 0 Å². The molecule has 0 aromatic carbocycles. The predicted molar refractivity (Wildman–Crippen MR) is 87.6 cm³/mol. The Morgan fingerprint density at radius 2 is 1.79 bits per heavy atom. The quantitative estimate of drug-likeness (QED) is 0.179. The Bertz CT molecular complexity index is 456. The van der Waals surface area contributed by atoms with E-state index in [4.69, 9.17) is 25.4 Å². The molecular formula is C12H23ClN3O7P. The Kier molecular flexibility index (Phi) is 11.6. The van der Waals surface area contributed by atoms with Gasteiger partial charge in [0.15, 0.2) is 5.78 Å². The highest BCUT2D eigenvalue weighted by Crippen LogP contribution is 2.55. The van der Waals surface area contributed by atoms with Gasteiger partial charge in [0.05, 0.1) is 31.5 Å². The lowest BCUT2D eigenvalue weighted by atomic mass is 10.4. The molecule has 0 aromatic heterocycles. The van der Waals surface area contributed by atoms with Crippen LogP contribution in [-0.4, -0.2) is 55.0 Å². The van der Waals surface area contributed by atoms with Crippen LogP contribution in [0, 0.1) is 4.91 Å². The van der Waals surface area contributed by atoms with Crippen molar-refractivity contribution in [2.24, 2.45) is 5.29 Å². The Morgan fingerprint density at radius 3 is 2.21 bits per heavy atom. The van der Waals surface area contributed by atoms with Gasteiger partial charge in [-0.25, -0.2) is 4.79 Å². The van der Waals surface area contributed by atoms with Crippen LogP contribution in [-0.2, 0) is 23.1 Å². The Morgan fingerprint density at radius 1 is 1.21 bits per heavy atom. The second-order valence-electron chi connectivity index (χ2n) is 4.21. The molecule has 2 amide bonds. The Balaban J connectivity index is 5.62. The zero-order valence-electron chi connectivity index (χ0n) is 13.9. The fourth-order valence-electron chi connectivity index (χ4n) is 1.73. The minimum Gasteiger partial charge on any atom is -0.466 e. The molecule has 0 aliphatic heterocycles. The molecular weight excluding hydrogens is 365 g/mol. The summed E-state index contributed by atoms with van der Waals surface area (Å²) in [4.78, 5) is 35.0. The molecule has 0 saturated carbocycles. The minimum atomic E-state index is -4.03. The minimum absolute atomic E-state index is 0.0212. The van der Waals surface area contributed by atoms with E-state index in [-0.39, 0.29) is 32.2 Å². The lowest BCUT2D eigenvalue weighted by molar-refractivity contribution is -0.143. The molecule has 0 bridgehead atoms. The summed E-state index contributed by atoms with van der Waals surface area (Å²) in [5.41, 5.74) is 0. The molecule has 0 aliphatic rings. The largest absolute Gasteiger partial charge is 0.466 e. The summed E-state index contributed by atoms with van der Waals surface area (Å²) in [5.74, 6) is -2.24. The van der Waals surface area contributed by atoms with Crippen molar-refractivity contribution in [3.05, 3.63) is 4.91 Å². The Labute approximate surface area is 145 Å². The first-order valence-electron chi connectivity index (χ1n) is 7.40. The number of alkyl halides is 1. The second-order valence-corrected chi connectivity index (χ2v) is 6.78. The van der Waals surface area contributed by atoms with Crippen molar-refractivity contribution in [3.63, 3.8) is 0 Å². The van der Waals surface area contributed by atoms with Crippen LogP contribution in [0.1, 0.15) is 27.2 Å². The van der Waals surface area contributed by atoms with Crippen LogP contribution in [0.25, 0.3) is 0 Å². The summed E-state index contributed by atoms with van der Waals surface area (Å²) < 4.78 is 28.0. The maximum atomic E-state index is 12.9. The molecule has 0 aromatic rings. The number of nitrogens with zero attached hydrogens (tertiary/aromatic N) is 2. The summed E-state index contributed by atoms with van der Waals surface area (Å²) in [7, 11) is -4.03. The van der Waals surface area contributed by atoms with Gasteiger partial charge >= 0.3 is 19.6 Å². The number of carbonyl (C=O) groups excluding carboxylic acids is 2. The van der Waals surface area contributed by atoms with E-state index >= 15 is 0 Å². The van der Waals surface area contributed by atoms with Crippen LogP contribution in [0.3, 0.4) is 0 Å². The highest BCUT2D eigenvalue weighted by molar-refractivity contribution is 7.54. The van der Waals surface area contributed by atoms with Gasteiger partial charge in [-0.15, -0.1) is 16.5 Å². The van der Waals surface area contributed by atoms with E-state index in [2.05, 4.69) is 10.6 Å². The monoisotopic (exact) mass is 387 g/mol. The first-order valence-corrected chi connectivity index (χ1v) is 9.55. The molecule has 10 nitrogen and oxygen atoms in total. The third kappa shape index (κ3) is 7.12. The molecule has 0 saturated heterocycles. The molecule has 24 heavy (non-hydrogen) atoms. The fourth-order valence-corrected chi connectivity index (χ4v) is 3.75. The molecule has 12 heteroatoms. The van der Waals surface area contributed by atoms with Crippen molar-refractivity contribution in [1.82, 2.24) is 10.3 Å². The molecule has 0 heterocycles. The van der Waals surface area contributed by atoms with E-state index in [1.807, 2.05) is 0 Å². The number of halogens is 1. The molecule has 1 unspecified atom stereocenters. The molecule has 1 atom stereocenters. The third-order valence-electron chi connectivity index (χ3n) is 2.59. The molecule has 0 rings (SSSR count). The number of nitrogens with one attached hydrogen (secondary N) is 1. The number of urea groups is 1. The van der Waals surface area contributed by atoms with Gasteiger partial charge < -0.3 is 19.1 Å². The summed E-state index contributed by atoms with van der Waals surface area (Å²) in [6.45, 7) is 4.77. The molecule has 0 fully saturated rings. The van der Waals surface area contributed by atoms with Crippen LogP contribution < -0.4 is 5.32 Å². The number of nitroso groups, excluding NO2 is 1. The van der Waals surface area contributed by atoms with Gasteiger partial charge in [0.25, 0.3) is 0 Å². The van der Waals surface area contributed by atoms with Crippen LogP contribution in [0.15, 0.2) is 5.29 Å². The lowest BCUT2D eigenvalue weighted by Crippen LogP contribution is -2.44. The maximum Gasteiger partial charge on any atom is 0.355 e. The van der Waals surface area contributed by atoms with Crippen molar-refractivity contribution in [3.8, 4) is 0 Å². The first kappa shape index (κ1) is 22.8. The second kappa shape index (κ2) is 12.2. The van der Waals surface area contributed by atoms with E-state index in [1.165, 1.54) is 0 Å². The molecule has 0 radical (unpaired) electrons. The zero-order chi connectivity index (χ0) is 18.6. The third-order valence-corrected chi connectivity index (χ3v) is 5.14. The number of hydrogen-bond acceptors (Lipinski definition) is 8. The van der Waals surface area contributed by atoms with Gasteiger partial charge in [-0.05, 0) is 20.8 Å². The lowest BCUT2D eigenvalue weighted by Gasteiger charge is -2.29. The number of amides is 2. The van der Waals surface area contributed by atoms with Gasteiger partial charge in [-0.1, -0.05) is 0 Å². The summed E-state index contributed by atoms with van der Waals surface area (Å²) in [5, 5.41) is 5.20. The van der Waals surface area contributed by atoms with E-state index in [9.17, 15) is 19.1 Å². The van der Waals surface area contributed by atoms with Crippen LogP contribution >= 0.6 is 19.2 Å². The molecule has 140 valence electrons. The van der Waals surface area contributed by atoms with Gasteiger partial charge in [0.1, 0.15) is 0 Å². The maximum absolute atomic E-state index is 12.9. The number of rotatable bonds is 12. The number of ether oxygens (including phenoxy) is 1. The zero-order valence-corrected chi connectivity index (χ0v) is 15.5. The standard InChI is InChI=1S/C12H23ClN3O7P/c1-4-21-11(17)9-10(24(20,22-5-2)23-6-3)16(15-19)12(18)14-8-7-13/h10H,4-9H2,1-3H3,(H,14,18). The van der Waals surface area contributed by atoms with E-state index in [0.717, 1.165) is 0 Å². The summed E-state index contributed by atoms with van der Waals surface area (Å²) in [6, 6.07) is -0.973. The summed E-state index contributed by atoms with van der Waals surface area (Å²) >= 11 is 5.47. The van der Waals surface area contributed by atoms with Crippen molar-refractivity contribution < 1.29 is 27.9 Å². The van der Waals surface area contributed by atoms with E-state index < -0.39 is 31.8 Å². The van der Waals surface area contributed by atoms with Crippen molar-refractivity contribution in [1.29, 1.82) is 0 Å². The number of carbonyl (C=O) groups is 2. The average molecular weight is 388 g/mol. The average Bonchev–Trinajstić information content (AvgIpc) is 2.53. The van der Waals surface area contributed by atoms with Crippen molar-refractivity contribution in [2.75, 3.05) is 32.2 Å². The Hall–Kier alpha value is -1.22. The SMILES string of the molecule is CCOC(=O)CC(N(N=O)C(=O)NCCCl)P(=O)(OCC)OCC. The van der Waals surface area contributed by atoms with Crippen molar-refractivity contribution >= 4 is 31.2 Å². The van der Waals surface area contributed by atoms with Gasteiger partial charge in [-0.2, -0.15) is 5.01 Å². The highest BCUT2D eigenvalue weighted by atomic mass is 35.5. The molecule has 0 aliphatic carbocycles. The number of hydrogen-bond donors (Lipinski definition) is 1. The van der Waals surface area contributed by atoms with Crippen LogP contribution in [0.2, 0.25) is 0 Å². The van der Waals surface area contributed by atoms with Crippen molar-refractivity contribution in [2.45, 2.75) is 33.0 Å².